The van der Waals surface area contributed by atoms with Gasteiger partial charge < -0.3 is 0 Å². The second-order valence-electron chi connectivity index (χ2n) is 2.77. The first-order chi connectivity index (χ1) is 6.45. The van der Waals surface area contributed by atoms with Crippen LogP contribution < -0.4 is 10.6 Å². The van der Waals surface area contributed by atoms with Gasteiger partial charge in [0.15, 0.2) is 0 Å². The molecule has 3 heteroatoms. The predicted molar refractivity (Wildman–Crippen MR) is 52.6 cm³/mol. The molecule has 0 unspecified atom stereocenters. The zero-order valence-electron chi connectivity index (χ0n) is 7.23. The van der Waals surface area contributed by atoms with Crippen molar-refractivity contribution in [1.82, 2.24) is 10.6 Å². The molecule has 0 atom stereocenters. The summed E-state index contributed by atoms with van der Waals surface area (Å²) in [6.45, 7) is 2.15. The zero-order chi connectivity index (χ0) is 8.93. The standard InChI is InChI=1S/C7H6.C3H6N2.Ru/c1-7-5-3-2-4-6-7;1-2-5-3-4-1;/h1-6H;4-5H,1-2H2;. The van der Waals surface area contributed by atoms with Gasteiger partial charge in [-0.2, -0.15) is 0 Å². The van der Waals surface area contributed by atoms with Crippen LogP contribution in [0.5, 0.6) is 0 Å². The SMILES string of the molecule is [CH](=[Ru]=[C]1NCCN1)c1ccccc1. The van der Waals surface area contributed by atoms with E-state index in [1.807, 2.05) is 6.07 Å². The molecule has 0 bridgehead atoms. The van der Waals surface area contributed by atoms with Crippen LogP contribution in [0.4, 0.5) is 0 Å². The summed E-state index contributed by atoms with van der Waals surface area (Å²) in [6.07, 6.45) is 0. The van der Waals surface area contributed by atoms with Crippen LogP contribution >= 0.6 is 0 Å². The summed E-state index contributed by atoms with van der Waals surface area (Å²) in [5.74, 6) is 0. The molecule has 0 saturated carbocycles. The van der Waals surface area contributed by atoms with Crippen LogP contribution in [0.1, 0.15) is 5.56 Å². The summed E-state index contributed by atoms with van der Waals surface area (Å²) in [4.78, 5) is 0. The molecule has 1 fully saturated rings. The Balaban J connectivity index is 2.17. The van der Waals surface area contributed by atoms with E-state index in [-0.39, 0.29) is 16.2 Å². The Bertz CT molecular complexity index is 331. The van der Waals surface area contributed by atoms with Crippen LogP contribution in [0.2, 0.25) is 0 Å². The van der Waals surface area contributed by atoms with Gasteiger partial charge in [-0.15, -0.1) is 0 Å². The second-order valence-corrected chi connectivity index (χ2v) is 4.64. The topological polar surface area (TPSA) is 24.1 Å². The van der Waals surface area contributed by atoms with Crippen LogP contribution in [0.25, 0.3) is 0 Å². The Morgan fingerprint density at radius 2 is 1.77 bits per heavy atom. The van der Waals surface area contributed by atoms with E-state index < -0.39 is 0 Å². The van der Waals surface area contributed by atoms with E-state index in [4.69, 9.17) is 0 Å². The normalized spacial score (nSPS) is 16.2. The fourth-order valence-corrected chi connectivity index (χ4v) is 2.77. The third-order valence-electron chi connectivity index (χ3n) is 1.75. The van der Waals surface area contributed by atoms with Crippen LogP contribution in [0.15, 0.2) is 30.3 Å². The van der Waals surface area contributed by atoms with Crippen LogP contribution in [0, 0.1) is 0 Å². The first kappa shape index (κ1) is 9.07. The Morgan fingerprint density at radius 1 is 1.08 bits per heavy atom. The quantitative estimate of drug-likeness (QED) is 0.706. The number of hydrogen-bond acceptors (Lipinski definition) is 2. The van der Waals surface area contributed by atoms with Crippen molar-refractivity contribution in [3.05, 3.63) is 35.9 Å². The molecule has 2 rings (SSSR count). The summed E-state index contributed by atoms with van der Waals surface area (Å²) in [5, 5.41) is 6.68. The molecule has 13 heavy (non-hydrogen) atoms. The summed E-state index contributed by atoms with van der Waals surface area (Å²) < 4.78 is 3.64. The molecule has 1 saturated heterocycles. The molecule has 1 aliphatic rings. The van der Waals surface area contributed by atoms with Gasteiger partial charge in [0, 0.05) is 0 Å². The van der Waals surface area contributed by atoms with E-state index in [9.17, 15) is 0 Å². The molecule has 1 aliphatic heterocycles. The first-order valence-electron chi connectivity index (χ1n) is 4.29. The van der Waals surface area contributed by atoms with Crippen molar-refractivity contribution < 1.29 is 16.2 Å². The van der Waals surface area contributed by atoms with E-state index in [2.05, 4.69) is 39.5 Å². The van der Waals surface area contributed by atoms with Gasteiger partial charge in [0.1, 0.15) is 0 Å². The van der Waals surface area contributed by atoms with Crippen molar-refractivity contribution in [2.75, 3.05) is 13.1 Å². The Hall–Kier alpha value is -0.497. The number of nitrogens with one attached hydrogen (secondary N) is 2. The summed E-state index contributed by atoms with van der Waals surface area (Å²) in [5.41, 5.74) is 1.32. The van der Waals surface area contributed by atoms with Crippen molar-refractivity contribution in [1.29, 1.82) is 0 Å². The molecular weight excluding hydrogens is 249 g/mol. The molecule has 2 nitrogen and oxygen atoms in total. The monoisotopic (exact) mass is 262 g/mol. The zero-order valence-corrected chi connectivity index (χ0v) is 8.97. The molecule has 1 aromatic rings. The Morgan fingerprint density at radius 3 is 2.46 bits per heavy atom. The van der Waals surface area contributed by atoms with Crippen LogP contribution in [0.3, 0.4) is 0 Å². The minimum absolute atomic E-state index is 0.187. The average molecular weight is 261 g/mol. The molecule has 0 spiro atoms. The molecule has 0 amide bonds. The molecular formula is C10H12N2Ru. The summed E-state index contributed by atoms with van der Waals surface area (Å²) in [6, 6.07) is 10.5. The van der Waals surface area contributed by atoms with Crippen molar-refractivity contribution in [3.63, 3.8) is 0 Å². The van der Waals surface area contributed by atoms with Gasteiger partial charge >= 0.3 is 84.8 Å². The molecule has 70 valence electrons. The van der Waals surface area contributed by atoms with Crippen molar-refractivity contribution in [2.24, 2.45) is 0 Å². The molecule has 0 radical (unpaired) electrons. The fourth-order valence-electron chi connectivity index (χ4n) is 1.10. The van der Waals surface area contributed by atoms with Gasteiger partial charge in [-0.3, -0.25) is 0 Å². The first-order valence-corrected chi connectivity index (χ1v) is 6.16. The number of benzene rings is 1. The maximum absolute atomic E-state index is 3.34. The molecule has 2 N–H and O–H groups in total. The van der Waals surface area contributed by atoms with Gasteiger partial charge in [0.05, 0.1) is 0 Å². The summed E-state index contributed by atoms with van der Waals surface area (Å²) >= 11 is 0.187. The van der Waals surface area contributed by atoms with Gasteiger partial charge in [0.25, 0.3) is 0 Å². The van der Waals surface area contributed by atoms with E-state index in [1.54, 1.807) is 0 Å². The molecule has 1 heterocycles. The Labute approximate surface area is 85.0 Å². The van der Waals surface area contributed by atoms with Crippen LogP contribution in [-0.2, 0) is 16.2 Å². The second kappa shape index (κ2) is 4.66. The van der Waals surface area contributed by atoms with E-state index in [0.717, 1.165) is 13.1 Å². The van der Waals surface area contributed by atoms with Gasteiger partial charge in [-0.05, 0) is 0 Å². The summed E-state index contributed by atoms with van der Waals surface area (Å²) in [7, 11) is 0. The minimum atomic E-state index is 0.187. The van der Waals surface area contributed by atoms with E-state index in [0.29, 0.717) is 0 Å². The van der Waals surface area contributed by atoms with Crippen molar-refractivity contribution in [2.45, 2.75) is 0 Å². The van der Waals surface area contributed by atoms with Gasteiger partial charge in [0.2, 0.25) is 0 Å². The van der Waals surface area contributed by atoms with E-state index >= 15 is 0 Å². The number of hydrogen-bond donors (Lipinski definition) is 2. The maximum atomic E-state index is 3.34. The number of rotatable bonds is 1. The fraction of sp³-hybridized carbons (Fsp3) is 0.200. The Kier molecular flexibility index (Phi) is 3.25. The molecule has 1 aromatic carbocycles. The predicted octanol–water partition coefficient (Wildman–Crippen LogP) is 0.200. The van der Waals surface area contributed by atoms with Gasteiger partial charge in [-0.25, -0.2) is 0 Å². The van der Waals surface area contributed by atoms with Crippen LogP contribution in [-0.4, -0.2) is 22.1 Å². The molecule has 0 aliphatic carbocycles. The average Bonchev–Trinajstić information content (AvgIpc) is 2.69. The third-order valence-corrected chi connectivity index (χ3v) is 3.69. The van der Waals surface area contributed by atoms with E-state index in [1.165, 1.54) is 9.92 Å². The third kappa shape index (κ3) is 2.73. The van der Waals surface area contributed by atoms with Gasteiger partial charge in [-0.1, -0.05) is 0 Å². The van der Waals surface area contributed by atoms with Crippen molar-refractivity contribution >= 4 is 8.96 Å². The molecule has 0 aromatic heterocycles. The van der Waals surface area contributed by atoms with Crippen molar-refractivity contribution in [3.8, 4) is 0 Å².